The molecule has 0 saturated carbocycles. The number of hydrogen-bond donors (Lipinski definition) is 0. The molecule has 0 aromatic carbocycles. The molecule has 10 heavy (non-hydrogen) atoms. The number of nitrogens with zero attached hydrogens (tertiary/aromatic N) is 1. The van der Waals surface area contributed by atoms with Gasteiger partial charge in [-0.3, -0.25) is 0 Å². The van der Waals surface area contributed by atoms with Gasteiger partial charge in [-0.2, -0.15) is 0 Å². The molecule has 7 nitrogen and oxygen atoms in total. The SMILES string of the molecule is O=[N+]([O-])[O-].[K+].[Na+].[O-][Cl+2]([O-])[O-]. The fourth-order valence-electron chi connectivity index (χ4n) is 0. The average Bonchev–Trinajstić information content (AvgIpc) is 1.25. The molecule has 0 bridgehead atoms. The van der Waals surface area contributed by atoms with Gasteiger partial charge in [-0.25, -0.2) is 0 Å². The summed E-state index contributed by atoms with van der Waals surface area (Å²) in [6.45, 7) is 0. The van der Waals surface area contributed by atoms with Crippen molar-refractivity contribution in [2.75, 3.05) is 0 Å². The zero-order valence-electron chi connectivity index (χ0n) is 5.27. The Balaban J connectivity index is -0.0000000300. The monoisotopic (exact) mass is 207 g/mol. The summed E-state index contributed by atoms with van der Waals surface area (Å²) in [6.07, 6.45) is 0. The van der Waals surface area contributed by atoms with E-state index in [-0.39, 0.29) is 80.9 Å². The Bertz CT molecular complexity index is 62.0. The van der Waals surface area contributed by atoms with Gasteiger partial charge in [0.15, 0.2) is 0 Å². The molecule has 0 saturated heterocycles. The zero-order valence-corrected chi connectivity index (χ0v) is 11.2. The maximum absolute atomic E-state index is 8.41. The Morgan fingerprint density at radius 1 is 1.10 bits per heavy atom. The molecule has 0 unspecified atom stereocenters. The molecule has 0 aliphatic carbocycles. The molecule has 0 N–H and O–H groups in total. The first-order chi connectivity index (χ1) is 3.46. The summed E-state index contributed by atoms with van der Waals surface area (Å²) in [6, 6.07) is 0. The Morgan fingerprint density at radius 3 is 1.10 bits per heavy atom. The molecule has 0 radical (unpaired) electrons. The van der Waals surface area contributed by atoms with Gasteiger partial charge in [0.05, 0.1) is 15.9 Å². The van der Waals surface area contributed by atoms with Crippen LogP contribution in [0.25, 0.3) is 0 Å². The summed E-state index contributed by atoms with van der Waals surface area (Å²) in [4.78, 5) is 8.25. The van der Waals surface area contributed by atoms with Crippen molar-refractivity contribution in [1.29, 1.82) is 0 Å². The van der Waals surface area contributed by atoms with Crippen LogP contribution < -0.4 is 94.9 Å². The van der Waals surface area contributed by atoms with Crippen LogP contribution in [-0.4, -0.2) is 5.09 Å². The summed E-state index contributed by atoms with van der Waals surface area (Å²) in [5.41, 5.74) is 0. The largest absolute Gasteiger partial charge is 1.00 e. The molecule has 0 atom stereocenters. The minimum absolute atomic E-state index is 0. The fraction of sp³-hybridized carbons (Fsp3) is 0. The second-order valence-corrected chi connectivity index (χ2v) is 0.791. The van der Waals surface area contributed by atoms with Crippen LogP contribution in [0.1, 0.15) is 0 Å². The maximum atomic E-state index is 8.41. The first-order valence-corrected chi connectivity index (χ1v) is 1.94. The van der Waals surface area contributed by atoms with E-state index in [0.717, 1.165) is 0 Å². The van der Waals surface area contributed by atoms with Gasteiger partial charge in [0.2, 0.25) is 0 Å². The van der Waals surface area contributed by atoms with E-state index >= 15 is 0 Å². The van der Waals surface area contributed by atoms with Crippen molar-refractivity contribution in [1.82, 2.24) is 0 Å². The summed E-state index contributed by atoms with van der Waals surface area (Å²) in [5, 5.41) is 14.8. The quantitative estimate of drug-likeness (QED) is 0.220. The number of hydrogen-bond acceptors (Lipinski definition) is 6. The molecule has 0 aliphatic rings. The molecule has 0 spiro atoms. The van der Waals surface area contributed by atoms with E-state index in [4.69, 9.17) is 29.3 Å². The third-order valence-corrected chi connectivity index (χ3v) is 0. The van der Waals surface area contributed by atoms with Gasteiger partial charge in [0, 0.05) is 0 Å². The Labute approximate surface area is 124 Å². The van der Waals surface area contributed by atoms with Crippen molar-refractivity contribution in [3.8, 4) is 0 Å². The van der Waals surface area contributed by atoms with Crippen LogP contribution in [0.2, 0.25) is 0 Å². The van der Waals surface area contributed by atoms with E-state index in [2.05, 4.69) is 0 Å². The number of halogens is 1. The molecule has 0 fully saturated rings. The smallest absolute Gasteiger partial charge is 0.357 e. The molecule has 0 aromatic heterocycles. The van der Waals surface area contributed by atoms with Gasteiger partial charge >= 0.3 is 80.9 Å². The predicted molar refractivity (Wildman–Crippen MR) is 10.4 cm³/mol. The minimum Gasteiger partial charge on any atom is -0.357 e. The summed E-state index contributed by atoms with van der Waals surface area (Å²) < 4.78 is 25.2. The molecular weight excluding hydrogens is 208 g/mol. The van der Waals surface area contributed by atoms with Crippen LogP contribution in [0.15, 0.2) is 0 Å². The Kier molecular flexibility index (Phi) is 39.0. The van der Waals surface area contributed by atoms with E-state index in [0.29, 0.717) is 0 Å². The van der Waals surface area contributed by atoms with Crippen molar-refractivity contribution in [3.05, 3.63) is 15.3 Å². The zero-order chi connectivity index (χ0) is 7.15. The van der Waals surface area contributed by atoms with Crippen LogP contribution >= 0.6 is 0 Å². The van der Waals surface area contributed by atoms with Crippen LogP contribution in [0, 0.1) is 26.1 Å². The van der Waals surface area contributed by atoms with Gasteiger partial charge in [0.1, 0.15) is 0 Å². The van der Waals surface area contributed by atoms with Crippen LogP contribution in [-0.2, 0) is 0 Å². The van der Waals surface area contributed by atoms with Crippen LogP contribution in [0.3, 0.4) is 0 Å². The van der Waals surface area contributed by atoms with Gasteiger partial charge in [-0.1, -0.05) is 0 Å². The second-order valence-electron chi connectivity index (χ2n) is 0.413. The molecule has 0 aromatic rings. The standard InChI is InChI=1S/ClO3.K.NO3.Na/c2-1(3)4;;2-1(3)4;/q-1;+1;-1;+1. The molecule has 50 valence electrons. The van der Waals surface area contributed by atoms with Gasteiger partial charge in [-0.15, -0.1) is 0 Å². The van der Waals surface area contributed by atoms with Gasteiger partial charge in [0.25, 0.3) is 0 Å². The fourth-order valence-corrected chi connectivity index (χ4v) is 0. The van der Waals surface area contributed by atoms with E-state index in [1.807, 2.05) is 0 Å². The third-order valence-electron chi connectivity index (χ3n) is 0. The summed E-state index contributed by atoms with van der Waals surface area (Å²) in [7, 11) is -2.85. The van der Waals surface area contributed by atoms with E-state index in [9.17, 15) is 0 Å². The van der Waals surface area contributed by atoms with Crippen LogP contribution in [0.4, 0.5) is 0 Å². The van der Waals surface area contributed by atoms with E-state index < -0.39 is 15.9 Å². The molecule has 0 heterocycles. The molecular formula is ClKNNaO6. The van der Waals surface area contributed by atoms with Gasteiger partial charge < -0.3 is 29.3 Å². The first-order valence-electron chi connectivity index (χ1n) is 1.01. The Hall–Kier alpha value is 2.01. The van der Waals surface area contributed by atoms with Gasteiger partial charge in [-0.05, 0) is 0 Å². The van der Waals surface area contributed by atoms with E-state index in [1.165, 1.54) is 0 Å². The average molecular weight is 208 g/mol. The topological polar surface area (TPSA) is 135 Å². The number of rotatable bonds is 0. The van der Waals surface area contributed by atoms with Crippen LogP contribution in [0.5, 0.6) is 0 Å². The Morgan fingerprint density at radius 2 is 1.10 bits per heavy atom. The van der Waals surface area contributed by atoms with Crippen molar-refractivity contribution in [3.63, 3.8) is 0 Å². The molecule has 0 aliphatic heterocycles. The molecule has 0 amide bonds. The molecule has 0 rings (SSSR count). The first kappa shape index (κ1) is 22.7. The van der Waals surface area contributed by atoms with Crippen molar-refractivity contribution in [2.45, 2.75) is 0 Å². The van der Waals surface area contributed by atoms with Crippen molar-refractivity contribution in [2.24, 2.45) is 0 Å². The van der Waals surface area contributed by atoms with E-state index in [1.54, 1.807) is 0 Å². The van der Waals surface area contributed by atoms with Crippen molar-refractivity contribution >= 4 is 0 Å². The third kappa shape index (κ3) is 202. The normalized spacial score (nSPS) is 6.00. The van der Waals surface area contributed by atoms with Crippen molar-refractivity contribution < 1.29 is 111 Å². The molecule has 10 heteroatoms. The minimum atomic E-state index is -2.85. The maximum Gasteiger partial charge on any atom is 1.00 e. The predicted octanol–water partition coefficient (Wildman–Crippen LogP) is -9.80. The summed E-state index contributed by atoms with van der Waals surface area (Å²) in [5.74, 6) is 0. The second kappa shape index (κ2) is 17.2. The summed E-state index contributed by atoms with van der Waals surface area (Å²) >= 11 is 0.